The summed E-state index contributed by atoms with van der Waals surface area (Å²) >= 11 is 0. The van der Waals surface area contributed by atoms with Crippen molar-refractivity contribution in [2.24, 2.45) is 5.73 Å². The van der Waals surface area contributed by atoms with Gasteiger partial charge in [0.1, 0.15) is 22.3 Å². The summed E-state index contributed by atoms with van der Waals surface area (Å²) in [5.41, 5.74) is 20.3. The Morgan fingerprint density at radius 1 is 0.446 bits per heavy atom. The van der Waals surface area contributed by atoms with E-state index in [1.165, 1.54) is 27.8 Å². The van der Waals surface area contributed by atoms with Crippen molar-refractivity contribution in [2.75, 3.05) is 0 Å². The maximum absolute atomic E-state index is 7.95. The predicted molar refractivity (Wildman–Crippen MR) is 234 cm³/mol. The second-order valence-corrected chi connectivity index (χ2v) is 14.0. The molecule has 0 bridgehead atoms. The lowest BCUT2D eigenvalue weighted by Gasteiger charge is -2.05. The van der Waals surface area contributed by atoms with E-state index in [1.54, 1.807) is 6.08 Å². The Morgan fingerprint density at radius 3 is 1.46 bits per heavy atom. The maximum Gasteiger partial charge on any atom is 0.147 e. The van der Waals surface area contributed by atoms with E-state index in [9.17, 15) is 0 Å². The van der Waals surface area contributed by atoms with Crippen LogP contribution in [-0.2, 0) is 0 Å². The SMILES string of the molecule is Cc1cccc(-c2ccc3oc4c(-c5ccccc5)c5oc6ccc(-c7ccccc7)cc6c5cc4c3c2)c1.N=C(/C=C(\N)c1ccccc1)c1ccccc1. The van der Waals surface area contributed by atoms with Crippen LogP contribution in [-0.4, -0.2) is 5.71 Å². The van der Waals surface area contributed by atoms with Crippen LogP contribution in [0.2, 0.25) is 0 Å². The highest BCUT2D eigenvalue weighted by molar-refractivity contribution is 6.22. The summed E-state index contributed by atoms with van der Waals surface area (Å²) in [5.74, 6) is 0. The van der Waals surface area contributed by atoms with Gasteiger partial charge in [-0.2, -0.15) is 0 Å². The second kappa shape index (κ2) is 14.8. The van der Waals surface area contributed by atoms with Crippen molar-refractivity contribution in [3.05, 3.63) is 211 Å². The van der Waals surface area contributed by atoms with Gasteiger partial charge in [-0.3, -0.25) is 0 Å². The zero-order chi connectivity index (χ0) is 38.0. The van der Waals surface area contributed by atoms with Crippen LogP contribution < -0.4 is 5.73 Å². The third-order valence-electron chi connectivity index (χ3n) is 10.2. The predicted octanol–water partition coefficient (Wildman–Crippen LogP) is 13.8. The van der Waals surface area contributed by atoms with Crippen molar-refractivity contribution in [1.82, 2.24) is 0 Å². The fourth-order valence-corrected chi connectivity index (χ4v) is 7.39. The third kappa shape index (κ3) is 6.65. The first-order chi connectivity index (χ1) is 27.5. The molecule has 0 saturated carbocycles. The molecule has 56 heavy (non-hydrogen) atoms. The zero-order valence-corrected chi connectivity index (χ0v) is 30.9. The molecule has 0 atom stereocenters. The molecule has 0 aliphatic heterocycles. The Kier molecular flexibility index (Phi) is 9.06. The van der Waals surface area contributed by atoms with Gasteiger partial charge in [-0.15, -0.1) is 0 Å². The molecular weight excluding hydrogens is 685 g/mol. The standard InChI is InChI=1S/C37H24O2.C15H14N2/c1-23-9-8-14-26(19-23)28-16-18-34-30(21-28)32-22-31-29-20-27(24-10-4-2-5-11-24)15-17-33(29)38-36(31)35(37(32)39-34)25-12-6-3-7-13-25;16-14(12-7-3-1-4-8-12)11-15(17)13-9-5-2-6-10-13/h2-22H,1H3;1-11,16H,17H2/b;15-11-,16-14?. The minimum absolute atomic E-state index is 0.423. The van der Waals surface area contributed by atoms with E-state index in [1.807, 2.05) is 72.8 Å². The highest BCUT2D eigenvalue weighted by atomic mass is 16.3. The Bertz CT molecular complexity index is 3030. The van der Waals surface area contributed by atoms with E-state index < -0.39 is 0 Å². The van der Waals surface area contributed by atoms with Crippen molar-refractivity contribution in [2.45, 2.75) is 6.92 Å². The van der Waals surface area contributed by atoms with Crippen molar-refractivity contribution >= 4 is 55.3 Å². The summed E-state index contributed by atoms with van der Waals surface area (Å²) in [5, 5.41) is 12.4. The van der Waals surface area contributed by atoms with Crippen LogP contribution in [0.4, 0.5) is 0 Å². The van der Waals surface area contributed by atoms with Crippen LogP contribution >= 0.6 is 0 Å². The molecule has 3 N–H and O–H groups in total. The van der Waals surface area contributed by atoms with Crippen LogP contribution in [0.1, 0.15) is 16.7 Å². The fraction of sp³-hybridized carbons (Fsp3) is 0.0192. The topological polar surface area (TPSA) is 76.2 Å². The highest BCUT2D eigenvalue weighted by Crippen LogP contribution is 2.45. The Labute approximate surface area is 325 Å². The van der Waals surface area contributed by atoms with Gasteiger partial charge >= 0.3 is 0 Å². The molecule has 0 aliphatic carbocycles. The summed E-state index contributed by atoms with van der Waals surface area (Å²) < 4.78 is 13.2. The number of aryl methyl sites for hydroxylation is 1. The first-order valence-corrected chi connectivity index (χ1v) is 18.7. The summed E-state index contributed by atoms with van der Waals surface area (Å²) in [7, 11) is 0. The number of furan rings is 2. The monoisotopic (exact) mass is 722 g/mol. The van der Waals surface area contributed by atoms with Crippen LogP contribution in [0, 0.1) is 12.3 Å². The number of benzene rings is 8. The average Bonchev–Trinajstić information content (AvgIpc) is 3.81. The molecule has 268 valence electrons. The van der Waals surface area contributed by atoms with Crippen LogP contribution in [0.3, 0.4) is 0 Å². The molecule has 0 amide bonds. The number of hydrogen-bond acceptors (Lipinski definition) is 4. The van der Waals surface area contributed by atoms with E-state index >= 15 is 0 Å². The molecule has 0 radical (unpaired) electrons. The summed E-state index contributed by atoms with van der Waals surface area (Å²) in [6, 6.07) is 64.0. The summed E-state index contributed by atoms with van der Waals surface area (Å²) in [4.78, 5) is 0. The number of fused-ring (bicyclic) bond motifs is 6. The lowest BCUT2D eigenvalue weighted by Crippen LogP contribution is -2.02. The Morgan fingerprint density at radius 2 is 0.911 bits per heavy atom. The lowest BCUT2D eigenvalue weighted by atomic mass is 9.96. The van der Waals surface area contributed by atoms with E-state index in [-0.39, 0.29) is 0 Å². The molecule has 2 heterocycles. The molecule has 0 aliphatic rings. The van der Waals surface area contributed by atoms with E-state index in [2.05, 4.69) is 122 Å². The minimum Gasteiger partial charge on any atom is -0.455 e. The number of nitrogens with one attached hydrogen (secondary N) is 1. The molecular formula is C52H38N2O2. The highest BCUT2D eigenvalue weighted by Gasteiger charge is 2.21. The smallest absolute Gasteiger partial charge is 0.147 e. The first kappa shape index (κ1) is 34.3. The van der Waals surface area contributed by atoms with Crippen molar-refractivity contribution < 1.29 is 8.83 Å². The lowest BCUT2D eigenvalue weighted by molar-refractivity contribution is 0.658. The van der Waals surface area contributed by atoms with E-state index in [0.29, 0.717) is 11.4 Å². The Hall–Kier alpha value is -7.43. The average molecular weight is 723 g/mol. The van der Waals surface area contributed by atoms with Crippen molar-refractivity contribution in [3.8, 4) is 33.4 Å². The minimum atomic E-state index is 0.423. The van der Waals surface area contributed by atoms with Crippen LogP contribution in [0.25, 0.3) is 83.0 Å². The van der Waals surface area contributed by atoms with Gasteiger partial charge < -0.3 is 20.0 Å². The molecule has 0 unspecified atom stereocenters. The first-order valence-electron chi connectivity index (χ1n) is 18.7. The van der Waals surface area contributed by atoms with Gasteiger partial charge in [0.15, 0.2) is 0 Å². The third-order valence-corrected chi connectivity index (χ3v) is 10.2. The Balaban J connectivity index is 0.000000203. The molecule has 4 heteroatoms. The van der Waals surface area contributed by atoms with Gasteiger partial charge in [-0.05, 0) is 82.3 Å². The van der Waals surface area contributed by atoms with Gasteiger partial charge in [-0.25, -0.2) is 0 Å². The number of allylic oxidation sites excluding steroid dienone is 1. The molecule has 2 aromatic heterocycles. The molecule has 4 nitrogen and oxygen atoms in total. The molecule has 8 aromatic carbocycles. The normalized spacial score (nSPS) is 11.6. The van der Waals surface area contributed by atoms with E-state index in [0.717, 1.165) is 66.1 Å². The van der Waals surface area contributed by atoms with Gasteiger partial charge in [0, 0.05) is 27.2 Å². The molecule has 10 aromatic rings. The van der Waals surface area contributed by atoms with Gasteiger partial charge in [0.2, 0.25) is 0 Å². The summed E-state index contributed by atoms with van der Waals surface area (Å²) in [6.07, 6.45) is 1.69. The van der Waals surface area contributed by atoms with Gasteiger partial charge in [-0.1, -0.05) is 163 Å². The number of nitrogens with two attached hydrogens (primary N) is 1. The fourth-order valence-electron chi connectivity index (χ4n) is 7.39. The summed E-state index contributed by atoms with van der Waals surface area (Å²) in [6.45, 7) is 2.13. The zero-order valence-electron chi connectivity index (χ0n) is 30.9. The maximum atomic E-state index is 7.95. The molecule has 0 saturated heterocycles. The quantitative estimate of drug-likeness (QED) is 0.168. The second-order valence-electron chi connectivity index (χ2n) is 14.0. The molecule has 10 rings (SSSR count). The van der Waals surface area contributed by atoms with Crippen molar-refractivity contribution in [1.29, 1.82) is 5.41 Å². The van der Waals surface area contributed by atoms with E-state index in [4.69, 9.17) is 20.0 Å². The number of hydrogen-bond donors (Lipinski definition) is 2. The molecule has 0 fully saturated rings. The van der Waals surface area contributed by atoms with Crippen molar-refractivity contribution in [3.63, 3.8) is 0 Å². The number of rotatable bonds is 6. The van der Waals surface area contributed by atoms with Gasteiger partial charge in [0.25, 0.3) is 0 Å². The van der Waals surface area contributed by atoms with Gasteiger partial charge in [0.05, 0.1) is 11.3 Å². The van der Waals surface area contributed by atoms with Crippen LogP contribution in [0.15, 0.2) is 203 Å². The van der Waals surface area contributed by atoms with Crippen LogP contribution in [0.5, 0.6) is 0 Å². The molecule has 0 spiro atoms. The largest absolute Gasteiger partial charge is 0.455 e.